The van der Waals surface area contributed by atoms with E-state index in [4.69, 9.17) is 10.5 Å². The second-order valence-corrected chi connectivity index (χ2v) is 6.38. The molecule has 3 unspecified atom stereocenters. The largest absolute Gasteiger partial charge is 0.379 e. The van der Waals surface area contributed by atoms with E-state index in [2.05, 4.69) is 10.2 Å². The highest BCUT2D eigenvalue weighted by Gasteiger charge is 2.25. The molecular formula is C18H28FN3O2. The van der Waals surface area contributed by atoms with Crippen molar-refractivity contribution >= 4 is 5.91 Å². The van der Waals surface area contributed by atoms with E-state index in [9.17, 15) is 9.18 Å². The van der Waals surface area contributed by atoms with E-state index in [0.29, 0.717) is 19.8 Å². The van der Waals surface area contributed by atoms with Gasteiger partial charge in [-0.25, -0.2) is 4.39 Å². The molecule has 24 heavy (non-hydrogen) atoms. The number of carbonyl (C=O) groups is 1. The number of benzene rings is 1. The molecule has 2 rings (SSSR count). The predicted molar refractivity (Wildman–Crippen MR) is 92.0 cm³/mol. The Labute approximate surface area is 143 Å². The van der Waals surface area contributed by atoms with Crippen LogP contribution < -0.4 is 11.1 Å². The monoisotopic (exact) mass is 337 g/mol. The van der Waals surface area contributed by atoms with Crippen molar-refractivity contribution in [2.45, 2.75) is 32.4 Å². The lowest BCUT2D eigenvalue weighted by Crippen LogP contribution is -2.48. The van der Waals surface area contributed by atoms with Crippen molar-refractivity contribution in [3.63, 3.8) is 0 Å². The number of ether oxygens (including phenoxy) is 1. The molecule has 1 aromatic carbocycles. The number of nitrogens with two attached hydrogens (primary N) is 1. The Bertz CT molecular complexity index is 535. The summed E-state index contributed by atoms with van der Waals surface area (Å²) >= 11 is 0. The number of morpholine rings is 1. The maximum Gasteiger partial charge on any atom is 0.237 e. The second kappa shape index (κ2) is 9.11. The van der Waals surface area contributed by atoms with Gasteiger partial charge in [-0.15, -0.1) is 0 Å². The number of amides is 1. The fourth-order valence-corrected chi connectivity index (χ4v) is 2.89. The molecule has 6 heteroatoms. The van der Waals surface area contributed by atoms with Crippen molar-refractivity contribution in [3.8, 4) is 0 Å². The fraction of sp³-hybridized carbons (Fsp3) is 0.611. The predicted octanol–water partition coefficient (Wildman–Crippen LogP) is 1.69. The molecule has 1 saturated heterocycles. The van der Waals surface area contributed by atoms with Gasteiger partial charge in [0, 0.05) is 19.6 Å². The zero-order valence-corrected chi connectivity index (χ0v) is 14.5. The Morgan fingerprint density at radius 2 is 2.12 bits per heavy atom. The van der Waals surface area contributed by atoms with Crippen LogP contribution in [0.5, 0.6) is 0 Å². The first-order valence-electron chi connectivity index (χ1n) is 8.63. The van der Waals surface area contributed by atoms with Crippen LogP contribution in [0.25, 0.3) is 0 Å². The number of hydrogen-bond donors (Lipinski definition) is 2. The quantitative estimate of drug-likeness (QED) is 0.794. The topological polar surface area (TPSA) is 67.6 Å². The molecular weight excluding hydrogens is 309 g/mol. The van der Waals surface area contributed by atoms with Crippen LogP contribution in [0.15, 0.2) is 24.3 Å². The summed E-state index contributed by atoms with van der Waals surface area (Å²) in [6.07, 6.45) is 0.853. The number of carbonyl (C=O) groups excluding carboxylic acids is 1. The average molecular weight is 337 g/mol. The standard InChI is InChI=1S/C18H28FN3O2/c1-3-13(2)17(20)18(23)21-12-16(22-7-9-24-10-8-22)14-5-4-6-15(19)11-14/h4-6,11,13,16-17H,3,7-10,12,20H2,1-2H3,(H,21,23). The molecule has 134 valence electrons. The van der Waals surface area contributed by atoms with Gasteiger partial charge in [-0.05, 0) is 23.6 Å². The second-order valence-electron chi connectivity index (χ2n) is 6.38. The first kappa shape index (κ1) is 18.8. The van der Waals surface area contributed by atoms with E-state index in [0.717, 1.165) is 25.1 Å². The minimum absolute atomic E-state index is 0.0855. The highest BCUT2D eigenvalue weighted by atomic mass is 19.1. The van der Waals surface area contributed by atoms with Crippen molar-refractivity contribution in [1.82, 2.24) is 10.2 Å². The van der Waals surface area contributed by atoms with E-state index in [1.165, 1.54) is 12.1 Å². The molecule has 3 atom stereocenters. The zero-order valence-electron chi connectivity index (χ0n) is 14.5. The number of halogens is 1. The summed E-state index contributed by atoms with van der Waals surface area (Å²) < 4.78 is 19.0. The van der Waals surface area contributed by atoms with Gasteiger partial charge in [0.1, 0.15) is 5.82 Å². The third-order valence-electron chi connectivity index (χ3n) is 4.75. The van der Waals surface area contributed by atoms with Crippen LogP contribution in [0.3, 0.4) is 0 Å². The molecule has 5 nitrogen and oxygen atoms in total. The highest BCUT2D eigenvalue weighted by Crippen LogP contribution is 2.22. The average Bonchev–Trinajstić information content (AvgIpc) is 2.61. The van der Waals surface area contributed by atoms with Crippen LogP contribution in [0.2, 0.25) is 0 Å². The minimum Gasteiger partial charge on any atom is -0.379 e. The van der Waals surface area contributed by atoms with Gasteiger partial charge in [-0.2, -0.15) is 0 Å². The summed E-state index contributed by atoms with van der Waals surface area (Å²) in [4.78, 5) is 14.5. The summed E-state index contributed by atoms with van der Waals surface area (Å²) in [6, 6.07) is 5.94. The molecule has 1 aromatic rings. The third-order valence-corrected chi connectivity index (χ3v) is 4.75. The molecule has 0 aliphatic carbocycles. The lowest BCUT2D eigenvalue weighted by molar-refractivity contribution is -0.123. The van der Waals surface area contributed by atoms with E-state index < -0.39 is 6.04 Å². The Hall–Kier alpha value is -1.50. The Balaban J connectivity index is 2.07. The van der Waals surface area contributed by atoms with Crippen LogP contribution in [0, 0.1) is 11.7 Å². The molecule has 3 N–H and O–H groups in total. The molecule has 1 aliphatic rings. The van der Waals surface area contributed by atoms with Crippen LogP contribution in [0.1, 0.15) is 31.9 Å². The van der Waals surface area contributed by atoms with Crippen LogP contribution in [0.4, 0.5) is 4.39 Å². The van der Waals surface area contributed by atoms with Crippen LogP contribution in [-0.2, 0) is 9.53 Å². The van der Waals surface area contributed by atoms with Gasteiger partial charge < -0.3 is 15.8 Å². The summed E-state index contributed by atoms with van der Waals surface area (Å²) in [5.41, 5.74) is 6.85. The highest BCUT2D eigenvalue weighted by molar-refractivity contribution is 5.81. The lowest BCUT2D eigenvalue weighted by Gasteiger charge is -2.35. The summed E-state index contributed by atoms with van der Waals surface area (Å²) in [7, 11) is 0. The molecule has 0 bridgehead atoms. The minimum atomic E-state index is -0.521. The van der Waals surface area contributed by atoms with Crippen LogP contribution >= 0.6 is 0 Å². The Kier molecular flexibility index (Phi) is 7.15. The number of rotatable bonds is 7. The SMILES string of the molecule is CCC(C)C(N)C(=O)NCC(c1cccc(F)c1)N1CCOCC1. The molecule has 1 heterocycles. The number of nitrogens with zero attached hydrogens (tertiary/aromatic N) is 1. The van der Waals surface area contributed by atoms with E-state index >= 15 is 0 Å². The lowest BCUT2D eigenvalue weighted by atomic mass is 9.99. The smallest absolute Gasteiger partial charge is 0.237 e. The molecule has 0 radical (unpaired) electrons. The maximum absolute atomic E-state index is 13.6. The van der Waals surface area contributed by atoms with E-state index in [1.54, 1.807) is 6.07 Å². The molecule has 1 amide bonds. The summed E-state index contributed by atoms with van der Waals surface area (Å²) in [5.74, 6) is -0.298. The normalized spacial score (nSPS) is 19.5. The number of nitrogens with one attached hydrogen (secondary N) is 1. The Morgan fingerprint density at radius 1 is 1.42 bits per heavy atom. The first-order valence-corrected chi connectivity index (χ1v) is 8.63. The molecule has 1 fully saturated rings. The number of hydrogen-bond acceptors (Lipinski definition) is 4. The van der Waals surface area contributed by atoms with Crippen molar-refractivity contribution in [2.24, 2.45) is 11.7 Å². The van der Waals surface area contributed by atoms with Crippen molar-refractivity contribution in [1.29, 1.82) is 0 Å². The molecule has 0 saturated carbocycles. The van der Waals surface area contributed by atoms with Gasteiger partial charge in [0.25, 0.3) is 0 Å². The summed E-state index contributed by atoms with van der Waals surface area (Å²) in [5, 5.41) is 2.94. The zero-order chi connectivity index (χ0) is 17.5. The van der Waals surface area contributed by atoms with Gasteiger partial charge in [0.2, 0.25) is 5.91 Å². The first-order chi connectivity index (χ1) is 11.5. The molecule has 0 spiro atoms. The van der Waals surface area contributed by atoms with Gasteiger partial charge in [-0.3, -0.25) is 9.69 Å². The van der Waals surface area contributed by atoms with E-state index in [1.807, 2.05) is 19.9 Å². The fourth-order valence-electron chi connectivity index (χ4n) is 2.89. The molecule has 0 aromatic heterocycles. The van der Waals surface area contributed by atoms with E-state index in [-0.39, 0.29) is 23.7 Å². The third kappa shape index (κ3) is 5.00. The van der Waals surface area contributed by atoms with Crippen molar-refractivity contribution in [3.05, 3.63) is 35.6 Å². The van der Waals surface area contributed by atoms with Crippen LogP contribution in [-0.4, -0.2) is 49.7 Å². The Morgan fingerprint density at radius 3 is 2.75 bits per heavy atom. The maximum atomic E-state index is 13.6. The van der Waals surface area contributed by atoms with Crippen molar-refractivity contribution < 1.29 is 13.9 Å². The van der Waals surface area contributed by atoms with Gasteiger partial charge in [0.15, 0.2) is 0 Å². The van der Waals surface area contributed by atoms with Crippen molar-refractivity contribution in [2.75, 3.05) is 32.8 Å². The van der Waals surface area contributed by atoms with Gasteiger partial charge >= 0.3 is 0 Å². The van der Waals surface area contributed by atoms with Gasteiger partial charge in [-0.1, -0.05) is 32.4 Å². The molecule has 1 aliphatic heterocycles. The van der Waals surface area contributed by atoms with Gasteiger partial charge in [0.05, 0.1) is 25.3 Å². The summed E-state index contributed by atoms with van der Waals surface area (Å²) in [6.45, 7) is 7.20.